The van der Waals surface area contributed by atoms with E-state index in [1.54, 1.807) is 24.3 Å². The molecule has 3 aromatic rings. The molecular formula is C23H19NO5. The number of benzene rings is 3. The third kappa shape index (κ3) is 3.40. The van der Waals surface area contributed by atoms with Gasteiger partial charge in [-0.3, -0.25) is 9.59 Å². The molecule has 0 aliphatic heterocycles. The first-order valence-electron chi connectivity index (χ1n) is 9.22. The van der Waals surface area contributed by atoms with Crippen LogP contribution in [0, 0.1) is 0 Å². The van der Waals surface area contributed by atoms with Gasteiger partial charge >= 0.3 is 0 Å². The number of ketones is 2. The summed E-state index contributed by atoms with van der Waals surface area (Å²) in [6, 6.07) is 17.2. The molecule has 0 spiro atoms. The van der Waals surface area contributed by atoms with E-state index in [2.05, 4.69) is 0 Å². The van der Waals surface area contributed by atoms with Crippen LogP contribution in [-0.2, 0) is 0 Å². The number of carbonyl (C=O) groups is 2. The summed E-state index contributed by atoms with van der Waals surface area (Å²) in [5, 5.41) is 10.4. The Kier molecular flexibility index (Phi) is 4.91. The van der Waals surface area contributed by atoms with Crippen LogP contribution in [0.2, 0.25) is 0 Å². The van der Waals surface area contributed by atoms with Crippen LogP contribution in [0.25, 0.3) is 0 Å². The molecule has 146 valence electrons. The number of carbonyl (C=O) groups excluding carboxylic acids is 2. The van der Waals surface area contributed by atoms with Crippen LogP contribution in [0.1, 0.15) is 38.3 Å². The maximum atomic E-state index is 12.9. The maximum Gasteiger partial charge on any atom is 0.198 e. The fourth-order valence-corrected chi connectivity index (χ4v) is 3.34. The summed E-state index contributed by atoms with van der Waals surface area (Å²) in [5.41, 5.74) is 6.63. The van der Waals surface area contributed by atoms with Crippen LogP contribution in [-0.4, -0.2) is 29.9 Å². The summed E-state index contributed by atoms with van der Waals surface area (Å²) >= 11 is 0. The number of nitrogens with two attached hydrogens (primary N) is 1. The Hall–Kier alpha value is -3.80. The SMILES string of the molecule is Nc1c(OCCCOc2ccccc2)cc(O)c2c1C(=O)c1ccccc1C2=O. The summed E-state index contributed by atoms with van der Waals surface area (Å²) in [7, 11) is 0. The van der Waals surface area contributed by atoms with E-state index in [0.29, 0.717) is 13.0 Å². The Morgan fingerprint density at radius 1 is 0.793 bits per heavy atom. The summed E-state index contributed by atoms with van der Waals surface area (Å²) in [5.74, 6) is -0.219. The lowest BCUT2D eigenvalue weighted by atomic mass is 9.82. The molecule has 6 heteroatoms. The van der Waals surface area contributed by atoms with Crippen LogP contribution >= 0.6 is 0 Å². The van der Waals surface area contributed by atoms with Gasteiger partial charge in [-0.2, -0.15) is 0 Å². The van der Waals surface area contributed by atoms with E-state index in [4.69, 9.17) is 15.2 Å². The molecule has 6 nitrogen and oxygen atoms in total. The Morgan fingerprint density at radius 3 is 2.07 bits per heavy atom. The van der Waals surface area contributed by atoms with Gasteiger partial charge in [-0.05, 0) is 12.1 Å². The second kappa shape index (κ2) is 7.67. The van der Waals surface area contributed by atoms with Gasteiger partial charge in [0.15, 0.2) is 11.6 Å². The predicted octanol–water partition coefficient (Wildman–Crippen LogP) is 3.60. The van der Waals surface area contributed by atoms with Crippen molar-refractivity contribution in [3.8, 4) is 17.2 Å². The van der Waals surface area contributed by atoms with Crippen LogP contribution in [0.4, 0.5) is 5.69 Å². The van der Waals surface area contributed by atoms with E-state index < -0.39 is 11.6 Å². The molecule has 3 N–H and O–H groups in total. The lowest BCUT2D eigenvalue weighted by Gasteiger charge is -2.21. The van der Waals surface area contributed by atoms with Gasteiger partial charge < -0.3 is 20.3 Å². The van der Waals surface area contributed by atoms with Crippen LogP contribution in [0.15, 0.2) is 60.7 Å². The molecule has 0 heterocycles. The molecular weight excluding hydrogens is 370 g/mol. The van der Waals surface area contributed by atoms with E-state index in [0.717, 1.165) is 5.75 Å². The lowest BCUT2D eigenvalue weighted by molar-refractivity contribution is 0.0977. The van der Waals surface area contributed by atoms with E-state index in [1.165, 1.54) is 6.07 Å². The zero-order valence-electron chi connectivity index (χ0n) is 15.6. The van der Waals surface area contributed by atoms with Gasteiger partial charge in [0.2, 0.25) is 0 Å². The molecule has 0 fully saturated rings. The van der Waals surface area contributed by atoms with Crippen molar-refractivity contribution in [1.29, 1.82) is 0 Å². The number of phenolic OH excluding ortho intramolecular Hbond substituents is 1. The average molecular weight is 389 g/mol. The second-order valence-corrected chi connectivity index (χ2v) is 6.62. The normalized spacial score (nSPS) is 12.3. The summed E-state index contributed by atoms with van der Waals surface area (Å²) in [4.78, 5) is 25.6. The highest BCUT2D eigenvalue weighted by molar-refractivity contribution is 6.31. The number of ether oxygens (including phenoxy) is 2. The zero-order chi connectivity index (χ0) is 20.4. The lowest BCUT2D eigenvalue weighted by Crippen LogP contribution is -2.23. The first kappa shape index (κ1) is 18.6. The molecule has 0 radical (unpaired) electrons. The zero-order valence-corrected chi connectivity index (χ0v) is 15.6. The second-order valence-electron chi connectivity index (χ2n) is 6.62. The molecule has 4 rings (SSSR count). The van der Waals surface area contributed by atoms with Crippen LogP contribution in [0.5, 0.6) is 17.2 Å². The van der Waals surface area contributed by atoms with Gasteiger partial charge in [-0.1, -0.05) is 42.5 Å². The molecule has 0 saturated heterocycles. The quantitative estimate of drug-likeness (QED) is 0.297. The van der Waals surface area contributed by atoms with E-state index >= 15 is 0 Å². The summed E-state index contributed by atoms with van der Waals surface area (Å²) in [6.45, 7) is 0.708. The fourth-order valence-electron chi connectivity index (χ4n) is 3.34. The molecule has 1 aliphatic carbocycles. The number of phenols is 1. The van der Waals surface area contributed by atoms with Crippen LogP contribution in [0.3, 0.4) is 0 Å². The van der Waals surface area contributed by atoms with E-state index in [-0.39, 0.29) is 46.0 Å². The first-order valence-corrected chi connectivity index (χ1v) is 9.22. The maximum absolute atomic E-state index is 12.9. The Labute approximate surface area is 167 Å². The van der Waals surface area contributed by atoms with Crippen molar-refractivity contribution in [2.24, 2.45) is 0 Å². The van der Waals surface area contributed by atoms with Crippen molar-refractivity contribution in [3.63, 3.8) is 0 Å². The molecule has 0 saturated carbocycles. The van der Waals surface area contributed by atoms with Gasteiger partial charge in [0, 0.05) is 23.6 Å². The number of rotatable bonds is 6. The molecule has 29 heavy (non-hydrogen) atoms. The molecule has 0 bridgehead atoms. The van der Waals surface area contributed by atoms with Crippen molar-refractivity contribution >= 4 is 17.3 Å². The molecule has 3 aromatic carbocycles. The Bertz CT molecular complexity index is 1090. The minimum atomic E-state index is -0.429. The van der Waals surface area contributed by atoms with Crippen LogP contribution < -0.4 is 15.2 Å². The van der Waals surface area contributed by atoms with Crippen molar-refractivity contribution < 1.29 is 24.2 Å². The molecule has 0 unspecified atom stereocenters. The minimum absolute atomic E-state index is 0.00997. The summed E-state index contributed by atoms with van der Waals surface area (Å²) < 4.78 is 11.3. The number of hydrogen-bond acceptors (Lipinski definition) is 6. The van der Waals surface area contributed by atoms with E-state index in [9.17, 15) is 14.7 Å². The third-order valence-corrected chi connectivity index (χ3v) is 4.74. The van der Waals surface area contributed by atoms with Crippen molar-refractivity contribution in [2.75, 3.05) is 18.9 Å². The molecule has 1 aliphatic rings. The predicted molar refractivity (Wildman–Crippen MR) is 108 cm³/mol. The van der Waals surface area contributed by atoms with E-state index in [1.807, 2.05) is 30.3 Å². The largest absolute Gasteiger partial charge is 0.507 e. The number of aromatic hydroxyl groups is 1. The number of anilines is 1. The minimum Gasteiger partial charge on any atom is -0.507 e. The van der Waals surface area contributed by atoms with Crippen molar-refractivity contribution in [2.45, 2.75) is 6.42 Å². The topological polar surface area (TPSA) is 98.8 Å². The Balaban J connectivity index is 1.51. The summed E-state index contributed by atoms with van der Waals surface area (Å²) in [6.07, 6.45) is 0.571. The number of fused-ring (bicyclic) bond motifs is 2. The smallest absolute Gasteiger partial charge is 0.198 e. The highest BCUT2D eigenvalue weighted by Gasteiger charge is 2.35. The standard InChI is InChI=1S/C23H19NO5/c24-21-18(29-12-6-11-28-14-7-2-1-3-8-14)13-17(25)19-20(21)23(27)16-10-5-4-9-15(16)22(19)26/h1-5,7-10,13,25H,6,11-12,24H2. The third-order valence-electron chi connectivity index (χ3n) is 4.74. The first-order chi connectivity index (χ1) is 14.1. The van der Waals surface area contributed by atoms with Gasteiger partial charge in [-0.25, -0.2) is 0 Å². The monoisotopic (exact) mass is 389 g/mol. The molecule has 0 aromatic heterocycles. The highest BCUT2D eigenvalue weighted by Crippen LogP contribution is 2.41. The fraction of sp³-hybridized carbons (Fsp3) is 0.130. The number of para-hydroxylation sites is 1. The molecule has 0 atom stereocenters. The number of nitrogen functional groups attached to an aromatic ring is 1. The van der Waals surface area contributed by atoms with Crippen molar-refractivity contribution in [1.82, 2.24) is 0 Å². The van der Waals surface area contributed by atoms with Gasteiger partial charge in [-0.15, -0.1) is 0 Å². The van der Waals surface area contributed by atoms with Crippen molar-refractivity contribution in [3.05, 3.63) is 82.9 Å². The average Bonchev–Trinajstić information content (AvgIpc) is 2.74. The molecule has 0 amide bonds. The van der Waals surface area contributed by atoms with Gasteiger partial charge in [0.25, 0.3) is 0 Å². The van der Waals surface area contributed by atoms with Gasteiger partial charge in [0.1, 0.15) is 17.2 Å². The highest BCUT2D eigenvalue weighted by atomic mass is 16.5. The van der Waals surface area contributed by atoms with Gasteiger partial charge in [0.05, 0.1) is 30.0 Å². The Morgan fingerprint density at radius 2 is 1.38 bits per heavy atom. The number of hydrogen-bond donors (Lipinski definition) is 2.